The number of nitrogens with zero attached hydrogens (tertiary/aromatic N) is 2. The van der Waals surface area contributed by atoms with Gasteiger partial charge in [-0.25, -0.2) is 4.39 Å². The summed E-state index contributed by atoms with van der Waals surface area (Å²) in [4.78, 5) is 12.1. The lowest BCUT2D eigenvalue weighted by Crippen LogP contribution is -2.39. The van der Waals surface area contributed by atoms with Gasteiger partial charge in [-0.05, 0) is 28.8 Å². The molecule has 0 saturated heterocycles. The highest BCUT2D eigenvalue weighted by molar-refractivity contribution is 9.10. The molecule has 1 aliphatic carbocycles. The summed E-state index contributed by atoms with van der Waals surface area (Å²) in [7, 11) is 1.63. The number of hydrogen-bond acceptors (Lipinski definition) is 4. The van der Waals surface area contributed by atoms with Gasteiger partial charge in [-0.1, -0.05) is 12.8 Å². The van der Waals surface area contributed by atoms with E-state index in [1.165, 1.54) is 0 Å². The number of aliphatic hydroxyl groups is 1. The van der Waals surface area contributed by atoms with Crippen LogP contribution >= 0.6 is 15.9 Å². The summed E-state index contributed by atoms with van der Waals surface area (Å²) >= 11 is 2.95. The maximum absolute atomic E-state index is 13.6. The number of nitro benzene ring substituents is 1. The summed E-state index contributed by atoms with van der Waals surface area (Å²) in [6, 6.07) is 2.28. The summed E-state index contributed by atoms with van der Waals surface area (Å²) in [6.07, 6.45) is 3.23. The van der Waals surface area contributed by atoms with Crippen molar-refractivity contribution in [3.63, 3.8) is 0 Å². The third-order valence-electron chi connectivity index (χ3n) is 3.69. The van der Waals surface area contributed by atoms with Gasteiger partial charge in [0.15, 0.2) is 0 Å². The molecule has 0 atom stereocenters. The van der Waals surface area contributed by atoms with Crippen molar-refractivity contribution >= 4 is 27.3 Å². The Morgan fingerprint density at radius 2 is 2.10 bits per heavy atom. The predicted molar refractivity (Wildman–Crippen MR) is 77.4 cm³/mol. The molecule has 2 rings (SSSR count). The lowest BCUT2D eigenvalue weighted by atomic mass is 10.0. The maximum Gasteiger partial charge on any atom is 0.293 e. The van der Waals surface area contributed by atoms with Gasteiger partial charge in [0, 0.05) is 25.7 Å². The number of anilines is 1. The van der Waals surface area contributed by atoms with E-state index in [2.05, 4.69) is 15.9 Å². The topological polar surface area (TPSA) is 66.6 Å². The van der Waals surface area contributed by atoms with E-state index in [1.807, 2.05) is 0 Å². The highest BCUT2D eigenvalue weighted by Gasteiger charge is 2.34. The molecule has 1 aliphatic rings. The van der Waals surface area contributed by atoms with E-state index in [0.717, 1.165) is 25.0 Å². The fourth-order valence-electron chi connectivity index (χ4n) is 2.70. The first kappa shape index (κ1) is 15.2. The Balaban J connectivity index is 2.31. The van der Waals surface area contributed by atoms with Crippen molar-refractivity contribution in [2.75, 3.05) is 18.5 Å². The van der Waals surface area contributed by atoms with Crippen LogP contribution in [-0.2, 0) is 0 Å². The fourth-order valence-corrected chi connectivity index (χ4v) is 3.03. The summed E-state index contributed by atoms with van der Waals surface area (Å²) in [5, 5.41) is 21.4. The molecule has 1 aromatic carbocycles. The van der Waals surface area contributed by atoms with E-state index in [1.54, 1.807) is 11.9 Å². The molecule has 0 heterocycles. The van der Waals surface area contributed by atoms with Crippen LogP contribution in [0.3, 0.4) is 0 Å². The van der Waals surface area contributed by atoms with Crippen LogP contribution in [0.2, 0.25) is 0 Å². The van der Waals surface area contributed by atoms with Crippen molar-refractivity contribution in [1.82, 2.24) is 0 Å². The van der Waals surface area contributed by atoms with Gasteiger partial charge >= 0.3 is 0 Å². The van der Waals surface area contributed by atoms with Gasteiger partial charge in [0.25, 0.3) is 5.69 Å². The highest BCUT2D eigenvalue weighted by Crippen LogP contribution is 2.36. The zero-order valence-corrected chi connectivity index (χ0v) is 12.7. The molecule has 7 heteroatoms. The molecular formula is C13H16BrFN2O3. The van der Waals surface area contributed by atoms with Crippen molar-refractivity contribution < 1.29 is 14.4 Å². The average Bonchev–Trinajstić information content (AvgIpc) is 2.78. The standard InChI is InChI=1S/C13H16BrFN2O3/c1-16(8-13(18)4-2-3-5-13)11-7-10(15)9(14)6-12(11)17(19)20/h6-7,18H,2-5,8H2,1H3. The maximum atomic E-state index is 13.6. The van der Waals surface area contributed by atoms with Crippen LogP contribution in [0.4, 0.5) is 15.8 Å². The second-order valence-electron chi connectivity index (χ2n) is 5.30. The van der Waals surface area contributed by atoms with E-state index in [9.17, 15) is 19.6 Å². The zero-order valence-electron chi connectivity index (χ0n) is 11.1. The third kappa shape index (κ3) is 3.09. The van der Waals surface area contributed by atoms with Crippen molar-refractivity contribution in [3.05, 3.63) is 32.5 Å². The fraction of sp³-hybridized carbons (Fsp3) is 0.538. The van der Waals surface area contributed by atoms with E-state index in [0.29, 0.717) is 12.8 Å². The Hall–Kier alpha value is -1.21. The number of hydrogen-bond donors (Lipinski definition) is 1. The van der Waals surface area contributed by atoms with Crippen LogP contribution in [0.5, 0.6) is 0 Å². The number of benzene rings is 1. The lowest BCUT2D eigenvalue weighted by molar-refractivity contribution is -0.384. The smallest absolute Gasteiger partial charge is 0.293 e. The van der Waals surface area contributed by atoms with Crippen molar-refractivity contribution in [2.24, 2.45) is 0 Å². The lowest BCUT2D eigenvalue weighted by Gasteiger charge is -2.29. The van der Waals surface area contributed by atoms with Crippen LogP contribution in [0.15, 0.2) is 16.6 Å². The molecule has 1 fully saturated rings. The highest BCUT2D eigenvalue weighted by atomic mass is 79.9. The van der Waals surface area contributed by atoms with Gasteiger partial charge in [-0.3, -0.25) is 10.1 Å². The minimum absolute atomic E-state index is 0.0564. The quantitative estimate of drug-likeness (QED) is 0.671. The Labute approximate surface area is 124 Å². The van der Waals surface area contributed by atoms with E-state index in [-0.39, 0.29) is 22.4 Å². The Bertz CT molecular complexity index is 533. The molecule has 0 aromatic heterocycles. The first-order valence-electron chi connectivity index (χ1n) is 6.39. The van der Waals surface area contributed by atoms with Crippen LogP contribution < -0.4 is 4.90 Å². The summed E-state index contributed by atoms with van der Waals surface area (Å²) in [6.45, 7) is 0.259. The predicted octanol–water partition coefficient (Wildman–Crippen LogP) is 3.24. The minimum atomic E-state index is -0.841. The molecule has 20 heavy (non-hydrogen) atoms. The van der Waals surface area contributed by atoms with Gasteiger partial charge in [0.05, 0.1) is 15.0 Å². The molecule has 1 N–H and O–H groups in total. The van der Waals surface area contributed by atoms with Gasteiger partial charge in [0.2, 0.25) is 0 Å². The van der Waals surface area contributed by atoms with Gasteiger partial charge < -0.3 is 10.0 Å². The van der Waals surface area contributed by atoms with Gasteiger partial charge in [0.1, 0.15) is 11.5 Å². The van der Waals surface area contributed by atoms with Crippen LogP contribution in [0.1, 0.15) is 25.7 Å². The van der Waals surface area contributed by atoms with Crippen LogP contribution in [0.25, 0.3) is 0 Å². The van der Waals surface area contributed by atoms with E-state index < -0.39 is 16.3 Å². The van der Waals surface area contributed by atoms with Crippen molar-refractivity contribution in [2.45, 2.75) is 31.3 Å². The van der Waals surface area contributed by atoms with Gasteiger partial charge in [-0.15, -0.1) is 0 Å². The molecular weight excluding hydrogens is 331 g/mol. The first-order chi connectivity index (χ1) is 9.32. The monoisotopic (exact) mass is 346 g/mol. The largest absolute Gasteiger partial charge is 0.388 e. The minimum Gasteiger partial charge on any atom is -0.388 e. The number of likely N-dealkylation sites (N-methyl/N-ethyl adjacent to an activating group) is 1. The molecule has 0 amide bonds. The Kier molecular flexibility index (Phi) is 4.29. The normalized spacial score (nSPS) is 17.2. The molecule has 110 valence electrons. The second kappa shape index (κ2) is 5.65. The Morgan fingerprint density at radius 3 is 2.65 bits per heavy atom. The summed E-state index contributed by atoms with van der Waals surface area (Å²) in [5.41, 5.74) is -0.843. The summed E-state index contributed by atoms with van der Waals surface area (Å²) in [5.74, 6) is -0.559. The molecule has 5 nitrogen and oxygen atoms in total. The SMILES string of the molecule is CN(CC1(O)CCCC1)c1cc(F)c(Br)cc1[N+](=O)[O-]. The van der Waals surface area contributed by atoms with Crippen molar-refractivity contribution in [1.29, 1.82) is 0 Å². The average molecular weight is 347 g/mol. The van der Waals surface area contributed by atoms with Crippen LogP contribution in [-0.4, -0.2) is 29.2 Å². The zero-order chi connectivity index (χ0) is 14.9. The molecule has 0 aliphatic heterocycles. The molecule has 0 spiro atoms. The number of halogens is 2. The number of nitro groups is 1. The summed E-state index contributed by atoms with van der Waals surface area (Å²) < 4.78 is 13.7. The van der Waals surface area contributed by atoms with E-state index >= 15 is 0 Å². The Morgan fingerprint density at radius 1 is 1.50 bits per heavy atom. The van der Waals surface area contributed by atoms with E-state index in [4.69, 9.17) is 0 Å². The van der Waals surface area contributed by atoms with Gasteiger partial charge in [-0.2, -0.15) is 0 Å². The third-order valence-corrected chi connectivity index (χ3v) is 4.30. The number of rotatable bonds is 4. The van der Waals surface area contributed by atoms with Crippen LogP contribution in [0, 0.1) is 15.9 Å². The molecule has 1 aromatic rings. The van der Waals surface area contributed by atoms with Crippen molar-refractivity contribution in [3.8, 4) is 0 Å². The second-order valence-corrected chi connectivity index (χ2v) is 6.15. The first-order valence-corrected chi connectivity index (χ1v) is 7.19. The molecule has 0 radical (unpaired) electrons. The molecule has 0 unspecified atom stereocenters. The molecule has 0 bridgehead atoms. The molecule has 1 saturated carbocycles.